The molecule has 2 saturated carbocycles. The first-order valence-corrected chi connectivity index (χ1v) is 10.2. The van der Waals surface area contributed by atoms with Crippen LogP contribution in [0.25, 0.3) is 17.0 Å². The Morgan fingerprint density at radius 1 is 1.25 bits per heavy atom. The van der Waals surface area contributed by atoms with Crippen molar-refractivity contribution in [3.63, 3.8) is 0 Å². The number of imidazole rings is 1. The summed E-state index contributed by atoms with van der Waals surface area (Å²) in [4.78, 5) is 4.48. The van der Waals surface area contributed by atoms with Crippen molar-refractivity contribution in [1.29, 1.82) is 0 Å². The van der Waals surface area contributed by atoms with Crippen molar-refractivity contribution in [2.75, 3.05) is 5.32 Å². The van der Waals surface area contributed by atoms with Gasteiger partial charge < -0.3 is 10.4 Å². The third-order valence-corrected chi connectivity index (χ3v) is 7.17. The van der Waals surface area contributed by atoms with Gasteiger partial charge in [-0.25, -0.2) is 9.50 Å². The molecule has 2 aliphatic rings. The number of anilines is 1. The highest BCUT2D eigenvalue weighted by atomic mass is 16.3. The first-order chi connectivity index (χ1) is 13.3. The quantitative estimate of drug-likeness (QED) is 0.629. The van der Waals surface area contributed by atoms with E-state index in [-0.39, 0.29) is 11.0 Å². The number of aliphatic hydroxyl groups is 1. The molecule has 7 heteroatoms. The summed E-state index contributed by atoms with van der Waals surface area (Å²) >= 11 is 0. The summed E-state index contributed by atoms with van der Waals surface area (Å²) in [7, 11) is 0. The molecule has 0 spiro atoms. The van der Waals surface area contributed by atoms with Gasteiger partial charge in [-0.1, -0.05) is 6.92 Å². The molecule has 3 heterocycles. The summed E-state index contributed by atoms with van der Waals surface area (Å²) in [5, 5.41) is 26.7. The molecule has 28 heavy (non-hydrogen) atoms. The van der Waals surface area contributed by atoms with Gasteiger partial charge in [0.2, 0.25) is 0 Å². The maximum atomic E-state index is 10.7. The van der Waals surface area contributed by atoms with E-state index >= 15 is 0 Å². The first kappa shape index (κ1) is 17.7. The Balaban J connectivity index is 1.46. The second kappa shape index (κ2) is 5.80. The third kappa shape index (κ3) is 2.56. The number of aromatic nitrogens is 5. The van der Waals surface area contributed by atoms with Gasteiger partial charge >= 0.3 is 0 Å². The predicted octanol–water partition coefficient (Wildman–Crippen LogP) is 3.57. The summed E-state index contributed by atoms with van der Waals surface area (Å²) in [6.07, 6.45) is 8.02. The van der Waals surface area contributed by atoms with Crippen LogP contribution in [0, 0.1) is 5.41 Å². The normalized spacial score (nSPS) is 27.0. The van der Waals surface area contributed by atoms with Gasteiger partial charge in [0, 0.05) is 16.6 Å². The molecule has 7 nitrogen and oxygen atoms in total. The highest BCUT2D eigenvalue weighted by Gasteiger charge is 2.60. The topological polar surface area (TPSA) is 91.1 Å². The van der Waals surface area contributed by atoms with Crippen LogP contribution in [0.1, 0.15) is 58.6 Å². The van der Waals surface area contributed by atoms with Crippen LogP contribution in [0.5, 0.6) is 0 Å². The third-order valence-electron chi connectivity index (χ3n) is 7.17. The van der Waals surface area contributed by atoms with Gasteiger partial charge in [0.25, 0.3) is 0 Å². The fraction of sp³-hybridized carbons (Fsp3) is 0.571. The molecule has 0 aromatic carbocycles. The Labute approximate surface area is 164 Å². The Morgan fingerprint density at radius 2 is 2.04 bits per heavy atom. The SMILES string of the molecule is CCc1cc(-c2cnc3ccc(NC45CCC(C(C)(C)O)(CC4)C5)nn23)n[nH]1. The summed E-state index contributed by atoms with van der Waals surface area (Å²) in [5.41, 5.74) is 3.06. The Morgan fingerprint density at radius 3 is 2.68 bits per heavy atom. The first-order valence-electron chi connectivity index (χ1n) is 10.2. The number of aryl methyl sites for hydroxylation is 1. The molecule has 2 fully saturated rings. The molecule has 148 valence electrons. The van der Waals surface area contributed by atoms with Crippen LogP contribution in [0.15, 0.2) is 24.4 Å². The molecule has 5 rings (SSSR count). The van der Waals surface area contributed by atoms with Crippen LogP contribution in [0.2, 0.25) is 0 Å². The number of hydrogen-bond donors (Lipinski definition) is 3. The molecule has 0 aliphatic heterocycles. The Bertz CT molecular complexity index is 1020. The second-order valence-corrected chi connectivity index (χ2v) is 9.19. The summed E-state index contributed by atoms with van der Waals surface area (Å²) in [5.74, 6) is 0.853. The zero-order valence-corrected chi connectivity index (χ0v) is 16.8. The highest BCUT2D eigenvalue weighted by Crippen LogP contribution is 2.61. The van der Waals surface area contributed by atoms with Crippen LogP contribution in [-0.4, -0.2) is 41.0 Å². The number of H-pyrrole nitrogens is 1. The second-order valence-electron chi connectivity index (χ2n) is 9.19. The average Bonchev–Trinajstić information content (AvgIpc) is 3.42. The van der Waals surface area contributed by atoms with E-state index < -0.39 is 5.60 Å². The Kier molecular flexibility index (Phi) is 3.66. The molecule has 0 saturated heterocycles. The molecule has 0 radical (unpaired) electrons. The number of nitrogens with one attached hydrogen (secondary N) is 2. The fourth-order valence-electron chi connectivity index (χ4n) is 5.27. The smallest absolute Gasteiger partial charge is 0.154 e. The number of hydrogen-bond acceptors (Lipinski definition) is 5. The van der Waals surface area contributed by atoms with Crippen LogP contribution < -0.4 is 5.32 Å². The Hall–Kier alpha value is -2.41. The van der Waals surface area contributed by atoms with Crippen molar-refractivity contribution in [2.45, 2.75) is 70.4 Å². The maximum absolute atomic E-state index is 10.7. The van der Waals surface area contributed by atoms with E-state index in [1.165, 1.54) is 0 Å². The summed E-state index contributed by atoms with van der Waals surface area (Å²) < 4.78 is 1.86. The van der Waals surface area contributed by atoms with E-state index in [0.717, 1.165) is 67.1 Å². The van der Waals surface area contributed by atoms with Crippen LogP contribution in [-0.2, 0) is 6.42 Å². The fourth-order valence-corrected chi connectivity index (χ4v) is 5.27. The molecule has 2 bridgehead atoms. The van der Waals surface area contributed by atoms with Crippen molar-refractivity contribution >= 4 is 11.5 Å². The molecule has 2 aliphatic carbocycles. The molecular weight excluding hydrogens is 352 g/mol. The minimum atomic E-state index is -0.640. The van der Waals surface area contributed by atoms with Gasteiger partial charge in [0.15, 0.2) is 5.65 Å². The van der Waals surface area contributed by atoms with E-state index in [9.17, 15) is 5.11 Å². The van der Waals surface area contributed by atoms with E-state index in [0.29, 0.717) is 0 Å². The number of rotatable bonds is 5. The molecule has 0 atom stereocenters. The average molecular weight is 380 g/mol. The van der Waals surface area contributed by atoms with Crippen molar-refractivity contribution in [3.05, 3.63) is 30.1 Å². The number of aromatic amines is 1. The molecule has 3 N–H and O–H groups in total. The number of fused-ring (bicyclic) bond motifs is 3. The van der Waals surface area contributed by atoms with Gasteiger partial charge in [-0.2, -0.15) is 5.10 Å². The van der Waals surface area contributed by atoms with Gasteiger partial charge in [0.05, 0.1) is 11.8 Å². The van der Waals surface area contributed by atoms with Crippen molar-refractivity contribution in [1.82, 2.24) is 24.8 Å². The summed E-state index contributed by atoms with van der Waals surface area (Å²) in [6, 6.07) is 6.05. The predicted molar refractivity (Wildman–Crippen MR) is 108 cm³/mol. The van der Waals surface area contributed by atoms with E-state index in [1.807, 2.05) is 36.7 Å². The van der Waals surface area contributed by atoms with Gasteiger partial charge in [-0.3, -0.25) is 5.10 Å². The molecule has 3 aromatic rings. The molecular formula is C21H28N6O. The minimum Gasteiger partial charge on any atom is -0.390 e. The van der Waals surface area contributed by atoms with Gasteiger partial charge in [-0.05, 0) is 70.6 Å². The van der Waals surface area contributed by atoms with Crippen molar-refractivity contribution < 1.29 is 5.11 Å². The molecule has 3 aromatic heterocycles. The highest BCUT2D eigenvalue weighted by molar-refractivity contribution is 5.60. The minimum absolute atomic E-state index is 0.0237. The largest absolute Gasteiger partial charge is 0.390 e. The zero-order chi connectivity index (χ0) is 19.6. The van der Waals surface area contributed by atoms with Crippen molar-refractivity contribution in [3.8, 4) is 11.4 Å². The van der Waals surface area contributed by atoms with E-state index in [2.05, 4.69) is 33.5 Å². The summed E-state index contributed by atoms with van der Waals surface area (Å²) in [6.45, 7) is 6.03. The van der Waals surface area contributed by atoms with Crippen LogP contribution in [0.4, 0.5) is 5.82 Å². The lowest BCUT2D eigenvalue weighted by atomic mass is 9.71. The zero-order valence-electron chi connectivity index (χ0n) is 16.8. The van der Waals surface area contributed by atoms with Gasteiger partial charge in [0.1, 0.15) is 17.2 Å². The lowest BCUT2D eigenvalue weighted by Crippen LogP contribution is -2.40. The van der Waals surface area contributed by atoms with E-state index in [4.69, 9.17) is 5.10 Å². The molecule has 0 amide bonds. The maximum Gasteiger partial charge on any atom is 0.154 e. The lowest BCUT2D eigenvalue weighted by molar-refractivity contribution is -0.0501. The molecule has 0 unspecified atom stereocenters. The van der Waals surface area contributed by atoms with Crippen molar-refractivity contribution in [2.24, 2.45) is 5.41 Å². The van der Waals surface area contributed by atoms with E-state index in [1.54, 1.807) is 0 Å². The van der Waals surface area contributed by atoms with Crippen LogP contribution >= 0.6 is 0 Å². The van der Waals surface area contributed by atoms with Crippen LogP contribution in [0.3, 0.4) is 0 Å². The lowest BCUT2D eigenvalue weighted by Gasteiger charge is -2.38. The monoisotopic (exact) mass is 380 g/mol. The number of nitrogens with zero attached hydrogens (tertiary/aromatic N) is 4. The van der Waals surface area contributed by atoms with Gasteiger partial charge in [-0.15, -0.1) is 5.10 Å². The standard InChI is InChI=1S/C21H28N6O/c1-4-14-11-15(25-24-14)16-12-22-18-6-5-17(26-27(16)18)23-21-9-7-20(13-21,8-10-21)19(2,3)28/h5-6,11-12,28H,4,7-10,13H2,1-3H3,(H,23,26)(H,24,25).